The molecule has 33 nitrogen and oxygen atoms in total. The SMILES string of the molecule is CC(=O)N[C@@H](Cc1ccccc1)C(=O)N[C@@H](Cc1ccccc1)C(=O)N[C@@H](CC(C)C)C(=O)N[C@@H](CC(C)C)C(=O)N[C@@H](CCC(=O)O)C(=O)N[C@@H](CCC(=O)O)C(=O)NCC(=O)NCC1CCC(C(=O)N[C@@H](Cc2ccc3ccccc3c2)C(=O)NCCCC[C@H](NC(=O)N[C@@H](CCC(=O)O)C(=O)O)C(=O)O)CC1. The number of carboxylic acid groups (broad SMARTS) is 5. The number of aliphatic carboxylic acids is 5. The van der Waals surface area contributed by atoms with Gasteiger partial charge in [-0.25, -0.2) is 14.4 Å². The van der Waals surface area contributed by atoms with E-state index in [2.05, 4.69) is 63.8 Å². The Morgan fingerprint density at radius 2 is 0.791 bits per heavy atom. The van der Waals surface area contributed by atoms with E-state index < -0.39 is 200 Å². The first-order valence-electron chi connectivity index (χ1n) is 36.9. The zero-order valence-corrected chi connectivity index (χ0v) is 62.4. The lowest BCUT2D eigenvalue weighted by Gasteiger charge is -2.29. The van der Waals surface area contributed by atoms with Gasteiger partial charge in [0.2, 0.25) is 59.1 Å². The second-order valence-electron chi connectivity index (χ2n) is 28.4. The summed E-state index contributed by atoms with van der Waals surface area (Å²) in [4.78, 5) is 209. The van der Waals surface area contributed by atoms with Crippen LogP contribution in [0.1, 0.15) is 148 Å². The van der Waals surface area contributed by atoms with E-state index in [4.69, 9.17) is 5.11 Å². The maximum atomic E-state index is 14.4. The third-order valence-corrected chi connectivity index (χ3v) is 18.3. The molecule has 110 heavy (non-hydrogen) atoms. The quantitative estimate of drug-likeness (QED) is 0.0283. The maximum Gasteiger partial charge on any atom is 0.326 e. The highest BCUT2D eigenvalue weighted by atomic mass is 16.4. The summed E-state index contributed by atoms with van der Waals surface area (Å²) in [6, 6.07) is 17.2. The fraction of sp³-hybridized carbons (Fsp3) is 0.506. The molecule has 17 N–H and O–H groups in total. The first-order valence-corrected chi connectivity index (χ1v) is 36.9. The third-order valence-electron chi connectivity index (χ3n) is 18.3. The number of hydrogen-bond donors (Lipinski definition) is 17. The second kappa shape index (κ2) is 46.0. The summed E-state index contributed by atoms with van der Waals surface area (Å²) in [7, 11) is 0. The van der Waals surface area contributed by atoms with E-state index in [9.17, 15) is 97.1 Å². The van der Waals surface area contributed by atoms with Crippen molar-refractivity contribution < 1.29 is 102 Å². The lowest BCUT2D eigenvalue weighted by molar-refractivity contribution is -0.141. The molecule has 0 spiro atoms. The Bertz CT molecular complexity index is 3830. The molecule has 0 aromatic heterocycles. The van der Waals surface area contributed by atoms with Gasteiger partial charge in [-0.2, -0.15) is 0 Å². The molecule has 1 saturated carbocycles. The first kappa shape index (κ1) is 89.1. The van der Waals surface area contributed by atoms with E-state index >= 15 is 0 Å². The van der Waals surface area contributed by atoms with Crippen molar-refractivity contribution in [1.29, 1.82) is 0 Å². The summed E-state index contributed by atoms with van der Waals surface area (Å²) in [6.45, 7) is 7.83. The smallest absolute Gasteiger partial charge is 0.326 e. The third kappa shape index (κ3) is 32.9. The van der Waals surface area contributed by atoms with E-state index in [0.717, 1.165) is 21.9 Å². The number of rotatable bonds is 47. The van der Waals surface area contributed by atoms with E-state index in [1.165, 1.54) is 6.92 Å². The zero-order chi connectivity index (χ0) is 81.0. The number of benzene rings is 4. The molecule has 0 heterocycles. The first-order chi connectivity index (χ1) is 52.2. The van der Waals surface area contributed by atoms with Crippen molar-refractivity contribution in [3.05, 3.63) is 120 Å². The molecule has 5 rings (SSSR count). The van der Waals surface area contributed by atoms with Crippen LogP contribution in [-0.2, 0) is 91.2 Å². The van der Waals surface area contributed by atoms with Crippen LogP contribution >= 0.6 is 0 Å². The van der Waals surface area contributed by atoms with Crippen LogP contribution in [0.5, 0.6) is 0 Å². The van der Waals surface area contributed by atoms with Crippen molar-refractivity contribution in [2.24, 2.45) is 23.7 Å². The lowest BCUT2D eigenvalue weighted by atomic mass is 9.81. The van der Waals surface area contributed by atoms with Crippen LogP contribution in [-0.4, -0.2) is 194 Å². The molecule has 0 saturated heterocycles. The molecule has 0 bridgehead atoms. The van der Waals surface area contributed by atoms with Crippen molar-refractivity contribution in [2.75, 3.05) is 19.6 Å². The topological polar surface area (TPSA) is 519 Å². The average Bonchev–Trinajstić information content (AvgIpc) is 0.833. The fourth-order valence-corrected chi connectivity index (χ4v) is 12.5. The number of nitrogens with one attached hydrogen (secondary N) is 12. The molecule has 4 aromatic carbocycles. The molecular weight excluding hydrogens is 1430 g/mol. The van der Waals surface area contributed by atoms with Crippen molar-refractivity contribution in [3.8, 4) is 0 Å². The predicted octanol–water partition coefficient (Wildman–Crippen LogP) is 2.50. The molecule has 12 amide bonds. The molecular formula is C77H104N12O21. The fourth-order valence-electron chi connectivity index (χ4n) is 12.5. The Labute approximate surface area is 636 Å². The highest BCUT2D eigenvalue weighted by Gasteiger charge is 2.36. The van der Waals surface area contributed by atoms with Gasteiger partial charge in [0.25, 0.3) is 0 Å². The van der Waals surface area contributed by atoms with Crippen LogP contribution in [0.25, 0.3) is 10.8 Å². The summed E-state index contributed by atoms with van der Waals surface area (Å²) in [6.07, 6.45) is -1.32. The minimum Gasteiger partial charge on any atom is -0.481 e. The zero-order valence-electron chi connectivity index (χ0n) is 62.4. The molecule has 0 radical (unpaired) electrons. The van der Waals surface area contributed by atoms with Gasteiger partial charge in [0.15, 0.2) is 0 Å². The highest BCUT2D eigenvalue weighted by molar-refractivity contribution is 5.98. The molecule has 9 atom stereocenters. The molecule has 0 aliphatic heterocycles. The minimum atomic E-state index is -1.69. The maximum absolute atomic E-state index is 14.4. The number of carbonyl (C=O) groups excluding carboxylic acids is 11. The number of hydrogen-bond acceptors (Lipinski definition) is 16. The number of unbranched alkanes of at least 4 members (excludes halogenated alkanes) is 1. The molecule has 4 aromatic rings. The van der Waals surface area contributed by atoms with Gasteiger partial charge in [-0.05, 0) is 122 Å². The average molecular weight is 1530 g/mol. The molecule has 33 heteroatoms. The molecule has 1 aliphatic rings. The van der Waals surface area contributed by atoms with Gasteiger partial charge >= 0.3 is 35.9 Å². The Balaban J connectivity index is 1.18. The van der Waals surface area contributed by atoms with E-state index in [1.54, 1.807) is 88.4 Å². The van der Waals surface area contributed by atoms with Gasteiger partial charge in [-0.15, -0.1) is 0 Å². The number of amides is 12. The lowest BCUT2D eigenvalue weighted by Crippen LogP contribution is -2.60. The van der Waals surface area contributed by atoms with E-state index in [-0.39, 0.29) is 82.2 Å². The standard InChI is InChI=1S/C77H104N12O21/c1-44(2)36-58(85-72(103)59(37-45(3)4)86-74(105)62(40-48-18-10-7-11-19-48)87-73(104)61(81-46(5)90)39-47-16-8-6-9-17-47)71(102)83-55(30-33-65(94)95)70(101)82-54(29-32-64(92)93)68(99)80-43-63(91)79-42-49-23-27-52(28-24-49)67(98)84-60(41-50-25-26-51-20-12-13-21-53(51)38-50)69(100)78-35-15-14-22-56(75(106)107)88-77(110)89-57(76(108)109)31-34-66(96)97/h6-13,16-21,25-26,38,44-45,49,52,54-62H,14-15,22-24,27-37,39-43H2,1-5H3,(H,78,100)(H,79,91)(H,80,99)(H,81,90)(H,82,101)(H,83,102)(H,84,98)(H,85,103)(H,86,105)(H,87,104)(H,92,93)(H,94,95)(H,96,97)(H,106,107)(H,108,109)(H2,88,89,110)/t49?,52?,54-,55-,56-,57-,58-,59-,60-,61-,62-/m0/s1. The van der Waals surface area contributed by atoms with E-state index in [0.29, 0.717) is 31.2 Å². The Morgan fingerprint density at radius 3 is 1.28 bits per heavy atom. The Morgan fingerprint density at radius 1 is 0.382 bits per heavy atom. The summed E-state index contributed by atoms with van der Waals surface area (Å²) in [5.41, 5.74) is 2.12. The van der Waals surface area contributed by atoms with Crippen molar-refractivity contribution >= 4 is 106 Å². The van der Waals surface area contributed by atoms with Gasteiger partial charge in [0.05, 0.1) is 6.54 Å². The van der Waals surface area contributed by atoms with Gasteiger partial charge in [0.1, 0.15) is 54.4 Å². The van der Waals surface area contributed by atoms with Crippen molar-refractivity contribution in [3.63, 3.8) is 0 Å². The van der Waals surface area contributed by atoms with Crippen molar-refractivity contribution in [1.82, 2.24) is 63.8 Å². The van der Waals surface area contributed by atoms with Crippen LogP contribution in [0.4, 0.5) is 4.79 Å². The van der Waals surface area contributed by atoms with Crippen molar-refractivity contribution in [2.45, 2.75) is 205 Å². The second-order valence-corrected chi connectivity index (χ2v) is 28.4. The number of carboxylic acids is 5. The monoisotopic (exact) mass is 1530 g/mol. The highest BCUT2D eigenvalue weighted by Crippen LogP contribution is 2.29. The Kier molecular flexibility index (Phi) is 37.2. The summed E-state index contributed by atoms with van der Waals surface area (Å²) >= 11 is 0. The number of carbonyl (C=O) groups is 16. The summed E-state index contributed by atoms with van der Waals surface area (Å²) < 4.78 is 0. The van der Waals surface area contributed by atoms with Crippen LogP contribution in [0, 0.1) is 23.7 Å². The normalized spacial score (nSPS) is 15.7. The van der Waals surface area contributed by atoms with Gasteiger partial charge in [-0.3, -0.25) is 62.3 Å². The molecule has 0 unspecified atom stereocenters. The summed E-state index contributed by atoms with van der Waals surface area (Å²) in [5, 5.41) is 80.1. The molecule has 1 aliphatic carbocycles. The minimum absolute atomic E-state index is 0.0336. The van der Waals surface area contributed by atoms with Crippen LogP contribution < -0.4 is 63.8 Å². The number of urea groups is 1. The van der Waals surface area contributed by atoms with Crippen LogP contribution in [0.2, 0.25) is 0 Å². The van der Waals surface area contributed by atoms with Gasteiger partial charge < -0.3 is 89.3 Å². The van der Waals surface area contributed by atoms with Gasteiger partial charge in [-0.1, -0.05) is 131 Å². The van der Waals surface area contributed by atoms with E-state index in [1.807, 2.05) is 42.5 Å². The van der Waals surface area contributed by atoms with Crippen LogP contribution in [0.3, 0.4) is 0 Å². The van der Waals surface area contributed by atoms with Gasteiger partial charge in [0, 0.05) is 64.5 Å². The number of fused-ring (bicyclic) bond motifs is 1. The largest absolute Gasteiger partial charge is 0.481 e. The molecule has 1 fully saturated rings. The summed E-state index contributed by atoms with van der Waals surface area (Å²) in [5.74, 6) is -15.5. The predicted molar refractivity (Wildman–Crippen MR) is 399 cm³/mol. The Hall–Kier alpha value is -11.5. The van der Waals surface area contributed by atoms with Crippen LogP contribution in [0.15, 0.2) is 103 Å². The molecule has 598 valence electrons.